The summed E-state index contributed by atoms with van der Waals surface area (Å²) in [6.45, 7) is 9.68. The van der Waals surface area contributed by atoms with E-state index in [9.17, 15) is 0 Å². The van der Waals surface area contributed by atoms with Crippen molar-refractivity contribution in [2.24, 2.45) is 17.3 Å². The van der Waals surface area contributed by atoms with Crippen molar-refractivity contribution in [3.05, 3.63) is 0 Å². The van der Waals surface area contributed by atoms with Gasteiger partial charge in [0.15, 0.2) is 0 Å². The minimum absolute atomic E-state index is 0.530. The number of hydrogen-bond donors (Lipinski definition) is 0. The third kappa shape index (κ3) is 4.93. The van der Waals surface area contributed by atoms with E-state index in [0.717, 1.165) is 16.7 Å². The van der Waals surface area contributed by atoms with Crippen molar-refractivity contribution >= 4 is 15.9 Å². The van der Waals surface area contributed by atoms with Crippen LogP contribution in [0.3, 0.4) is 0 Å². The largest absolute Gasteiger partial charge is 0.0887 e. The van der Waals surface area contributed by atoms with E-state index >= 15 is 0 Å². The molecule has 1 aliphatic carbocycles. The molecular formula is C16H31Br. The SMILES string of the molecule is CCCCCCC(C)(C)C1CCC(C)CC1Br. The smallest absolute Gasteiger partial charge is 0.0181 e. The number of rotatable bonds is 6. The first kappa shape index (κ1) is 15.5. The Labute approximate surface area is 117 Å². The summed E-state index contributed by atoms with van der Waals surface area (Å²) in [7, 11) is 0. The van der Waals surface area contributed by atoms with Gasteiger partial charge in [-0.1, -0.05) is 75.7 Å². The Bertz CT molecular complexity index is 210. The first-order chi connectivity index (χ1) is 7.97. The van der Waals surface area contributed by atoms with Gasteiger partial charge >= 0.3 is 0 Å². The molecule has 0 aromatic carbocycles. The van der Waals surface area contributed by atoms with Crippen LogP contribution in [-0.2, 0) is 0 Å². The zero-order valence-corrected chi connectivity index (χ0v) is 13.9. The van der Waals surface area contributed by atoms with E-state index in [1.54, 1.807) is 0 Å². The molecule has 0 aromatic rings. The fourth-order valence-corrected chi connectivity index (χ4v) is 5.00. The maximum atomic E-state index is 3.95. The number of unbranched alkanes of at least 4 members (excludes halogenated alkanes) is 3. The highest BCUT2D eigenvalue weighted by molar-refractivity contribution is 9.09. The minimum atomic E-state index is 0.530. The van der Waals surface area contributed by atoms with Gasteiger partial charge in [-0.3, -0.25) is 0 Å². The molecule has 1 saturated carbocycles. The number of hydrogen-bond acceptors (Lipinski definition) is 0. The predicted octanol–water partition coefficient (Wildman–Crippen LogP) is 6.18. The highest BCUT2D eigenvalue weighted by Gasteiger charge is 2.37. The van der Waals surface area contributed by atoms with Gasteiger partial charge in [0.1, 0.15) is 0 Å². The Kier molecular flexibility index (Phi) is 6.55. The van der Waals surface area contributed by atoms with Crippen LogP contribution in [0.25, 0.3) is 0 Å². The summed E-state index contributed by atoms with van der Waals surface area (Å²) in [4.78, 5) is 0.757. The van der Waals surface area contributed by atoms with Gasteiger partial charge in [-0.2, -0.15) is 0 Å². The van der Waals surface area contributed by atoms with Crippen molar-refractivity contribution in [1.82, 2.24) is 0 Å². The molecule has 17 heavy (non-hydrogen) atoms. The van der Waals surface area contributed by atoms with Crippen LogP contribution in [0.5, 0.6) is 0 Å². The van der Waals surface area contributed by atoms with Crippen LogP contribution >= 0.6 is 15.9 Å². The Morgan fingerprint density at radius 2 is 1.82 bits per heavy atom. The van der Waals surface area contributed by atoms with E-state index in [1.165, 1.54) is 51.4 Å². The minimum Gasteiger partial charge on any atom is -0.0887 e. The molecule has 0 N–H and O–H groups in total. The molecule has 0 aromatic heterocycles. The molecule has 0 bridgehead atoms. The summed E-state index contributed by atoms with van der Waals surface area (Å²) < 4.78 is 0. The highest BCUT2D eigenvalue weighted by Crippen LogP contribution is 2.45. The summed E-state index contributed by atoms with van der Waals surface area (Å²) >= 11 is 3.95. The number of halogens is 1. The van der Waals surface area contributed by atoms with Gasteiger partial charge < -0.3 is 0 Å². The van der Waals surface area contributed by atoms with E-state index in [1.807, 2.05) is 0 Å². The molecular weight excluding hydrogens is 272 g/mol. The molecule has 1 fully saturated rings. The highest BCUT2D eigenvalue weighted by atomic mass is 79.9. The molecule has 0 nitrogen and oxygen atoms in total. The second-order valence-corrected chi connectivity index (χ2v) is 8.02. The molecule has 0 aliphatic heterocycles. The molecule has 0 heterocycles. The molecule has 3 unspecified atom stereocenters. The standard InChI is InChI=1S/C16H31Br/c1-5-6-7-8-11-16(3,4)14-10-9-13(2)12-15(14)17/h13-15H,5-12H2,1-4H3. The Morgan fingerprint density at radius 3 is 2.41 bits per heavy atom. The first-order valence-electron chi connectivity index (χ1n) is 7.61. The van der Waals surface area contributed by atoms with Gasteiger partial charge in [0.2, 0.25) is 0 Å². The Balaban J connectivity index is 2.40. The molecule has 3 atom stereocenters. The average molecular weight is 303 g/mol. The van der Waals surface area contributed by atoms with Gasteiger partial charge in [0, 0.05) is 4.83 Å². The zero-order chi connectivity index (χ0) is 12.9. The Hall–Kier alpha value is 0.480. The predicted molar refractivity (Wildman–Crippen MR) is 81.8 cm³/mol. The number of alkyl halides is 1. The lowest BCUT2D eigenvalue weighted by molar-refractivity contribution is 0.133. The molecule has 0 amide bonds. The van der Waals surface area contributed by atoms with Crippen LogP contribution in [0.4, 0.5) is 0 Å². The monoisotopic (exact) mass is 302 g/mol. The van der Waals surface area contributed by atoms with Crippen LogP contribution in [0.2, 0.25) is 0 Å². The molecule has 0 saturated heterocycles. The third-order valence-electron chi connectivity index (χ3n) is 4.71. The molecule has 0 spiro atoms. The lowest BCUT2D eigenvalue weighted by Gasteiger charge is -2.42. The lowest BCUT2D eigenvalue weighted by atomic mass is 9.67. The molecule has 1 rings (SSSR count). The van der Waals surface area contributed by atoms with E-state index < -0.39 is 0 Å². The normalized spacial score (nSPS) is 30.5. The van der Waals surface area contributed by atoms with Crippen LogP contribution in [0.15, 0.2) is 0 Å². The van der Waals surface area contributed by atoms with Crippen molar-refractivity contribution in [1.29, 1.82) is 0 Å². The fourth-order valence-electron chi connectivity index (χ4n) is 3.38. The summed E-state index contributed by atoms with van der Waals surface area (Å²) in [6, 6.07) is 0. The van der Waals surface area contributed by atoms with E-state index in [-0.39, 0.29) is 0 Å². The van der Waals surface area contributed by atoms with Gasteiger partial charge in [0.25, 0.3) is 0 Å². The van der Waals surface area contributed by atoms with Crippen LogP contribution < -0.4 is 0 Å². The van der Waals surface area contributed by atoms with Gasteiger partial charge in [-0.05, 0) is 36.5 Å². The molecule has 1 aliphatic rings. The van der Waals surface area contributed by atoms with Crippen molar-refractivity contribution < 1.29 is 0 Å². The summed E-state index contributed by atoms with van der Waals surface area (Å²) in [5.74, 6) is 1.81. The van der Waals surface area contributed by atoms with Crippen LogP contribution in [-0.4, -0.2) is 4.83 Å². The third-order valence-corrected chi connectivity index (χ3v) is 5.73. The van der Waals surface area contributed by atoms with E-state index in [4.69, 9.17) is 0 Å². The summed E-state index contributed by atoms with van der Waals surface area (Å²) in [5.41, 5.74) is 0.530. The van der Waals surface area contributed by atoms with Crippen LogP contribution in [0, 0.1) is 17.3 Å². The van der Waals surface area contributed by atoms with E-state index in [2.05, 4.69) is 43.6 Å². The Morgan fingerprint density at radius 1 is 1.12 bits per heavy atom. The van der Waals surface area contributed by atoms with Crippen molar-refractivity contribution in [3.63, 3.8) is 0 Å². The molecule has 1 heteroatoms. The average Bonchev–Trinajstić information content (AvgIpc) is 2.24. The van der Waals surface area contributed by atoms with Crippen molar-refractivity contribution in [2.45, 2.75) is 83.9 Å². The lowest BCUT2D eigenvalue weighted by Crippen LogP contribution is -2.35. The fraction of sp³-hybridized carbons (Fsp3) is 1.00. The maximum absolute atomic E-state index is 3.95. The summed E-state index contributed by atoms with van der Waals surface area (Å²) in [5, 5.41) is 0. The summed E-state index contributed by atoms with van der Waals surface area (Å²) in [6.07, 6.45) is 11.3. The van der Waals surface area contributed by atoms with E-state index in [0.29, 0.717) is 5.41 Å². The quantitative estimate of drug-likeness (QED) is 0.406. The van der Waals surface area contributed by atoms with Crippen molar-refractivity contribution in [2.75, 3.05) is 0 Å². The molecule has 0 radical (unpaired) electrons. The second-order valence-electron chi connectivity index (χ2n) is 6.84. The van der Waals surface area contributed by atoms with Gasteiger partial charge in [-0.25, -0.2) is 0 Å². The zero-order valence-electron chi connectivity index (χ0n) is 12.3. The maximum Gasteiger partial charge on any atom is 0.0181 e. The second kappa shape index (κ2) is 7.16. The topological polar surface area (TPSA) is 0 Å². The van der Waals surface area contributed by atoms with Crippen LogP contribution in [0.1, 0.15) is 79.1 Å². The first-order valence-corrected chi connectivity index (χ1v) is 8.53. The van der Waals surface area contributed by atoms with Gasteiger partial charge in [0.05, 0.1) is 0 Å². The molecule has 102 valence electrons. The van der Waals surface area contributed by atoms with Crippen molar-refractivity contribution in [3.8, 4) is 0 Å². The van der Waals surface area contributed by atoms with Gasteiger partial charge in [-0.15, -0.1) is 0 Å².